The van der Waals surface area contributed by atoms with Crippen LogP contribution in [0.15, 0.2) is 42.5 Å². The molecular formula is C22H26ClN3O3. The van der Waals surface area contributed by atoms with Crippen LogP contribution in [0.5, 0.6) is 5.75 Å². The summed E-state index contributed by atoms with van der Waals surface area (Å²) in [6, 6.07) is 12.4. The van der Waals surface area contributed by atoms with Crippen LogP contribution in [0.1, 0.15) is 36.5 Å². The van der Waals surface area contributed by atoms with Crippen LogP contribution in [0.3, 0.4) is 0 Å². The van der Waals surface area contributed by atoms with E-state index in [1.807, 2.05) is 24.0 Å². The van der Waals surface area contributed by atoms with Crippen molar-refractivity contribution in [2.24, 2.45) is 0 Å². The standard InChI is InChI=1S/C22H26ClN3O3/c1-2-29-20-9-5-4-8-18(20)25-21(27)15-24-19-14-16(23)10-11-17(19)22(28)26-12-6-3-7-13-26/h4-5,8-11,14,24H,2-3,6-7,12-13,15H2,1H3,(H,25,27). The lowest BCUT2D eigenvalue weighted by Crippen LogP contribution is -2.36. The van der Waals surface area contributed by atoms with Gasteiger partial charge in [0.15, 0.2) is 0 Å². The molecule has 29 heavy (non-hydrogen) atoms. The number of carbonyl (C=O) groups excluding carboxylic acids is 2. The molecule has 2 aromatic carbocycles. The number of carbonyl (C=O) groups is 2. The highest BCUT2D eigenvalue weighted by atomic mass is 35.5. The van der Waals surface area contributed by atoms with Crippen LogP contribution in [0.25, 0.3) is 0 Å². The molecule has 1 fully saturated rings. The van der Waals surface area contributed by atoms with Gasteiger partial charge < -0.3 is 20.3 Å². The van der Waals surface area contributed by atoms with Crippen molar-refractivity contribution in [3.63, 3.8) is 0 Å². The molecule has 0 unspecified atom stereocenters. The summed E-state index contributed by atoms with van der Waals surface area (Å²) in [5.41, 5.74) is 1.69. The molecule has 2 amide bonds. The SMILES string of the molecule is CCOc1ccccc1NC(=O)CNc1cc(Cl)ccc1C(=O)N1CCCCC1. The molecule has 1 aliphatic heterocycles. The van der Waals surface area contributed by atoms with Gasteiger partial charge in [0.1, 0.15) is 5.75 Å². The maximum atomic E-state index is 12.9. The molecule has 154 valence electrons. The maximum absolute atomic E-state index is 12.9. The van der Waals surface area contributed by atoms with Gasteiger partial charge in [-0.2, -0.15) is 0 Å². The van der Waals surface area contributed by atoms with Gasteiger partial charge in [-0.25, -0.2) is 0 Å². The molecule has 0 spiro atoms. The Bertz CT molecular complexity index is 866. The van der Waals surface area contributed by atoms with Gasteiger partial charge in [-0.1, -0.05) is 23.7 Å². The third-order valence-electron chi connectivity index (χ3n) is 4.76. The highest BCUT2D eigenvalue weighted by molar-refractivity contribution is 6.31. The zero-order valence-corrected chi connectivity index (χ0v) is 17.3. The average molecular weight is 416 g/mol. The van der Waals surface area contributed by atoms with Gasteiger partial charge in [-0.3, -0.25) is 9.59 Å². The van der Waals surface area contributed by atoms with E-state index in [-0.39, 0.29) is 18.4 Å². The minimum atomic E-state index is -0.242. The van der Waals surface area contributed by atoms with E-state index in [0.29, 0.717) is 34.3 Å². The first kappa shape index (κ1) is 21.0. The van der Waals surface area contributed by atoms with E-state index in [1.54, 1.807) is 30.3 Å². The second kappa shape index (κ2) is 10.2. The molecule has 0 aliphatic carbocycles. The topological polar surface area (TPSA) is 70.7 Å². The summed E-state index contributed by atoms with van der Waals surface area (Å²) in [6.07, 6.45) is 3.19. The lowest BCUT2D eigenvalue weighted by molar-refractivity contribution is -0.114. The highest BCUT2D eigenvalue weighted by Gasteiger charge is 2.21. The molecule has 0 saturated carbocycles. The molecule has 6 nitrogen and oxygen atoms in total. The minimum Gasteiger partial charge on any atom is -0.492 e. The zero-order valence-electron chi connectivity index (χ0n) is 16.5. The number of likely N-dealkylation sites (tertiary alicyclic amines) is 1. The van der Waals surface area contributed by atoms with Crippen molar-refractivity contribution in [2.75, 3.05) is 36.9 Å². The largest absolute Gasteiger partial charge is 0.492 e. The Morgan fingerprint density at radius 1 is 1.07 bits per heavy atom. The predicted molar refractivity (Wildman–Crippen MR) is 116 cm³/mol. The quantitative estimate of drug-likeness (QED) is 0.702. The molecule has 1 aliphatic rings. The van der Waals surface area contributed by atoms with Crippen LogP contribution >= 0.6 is 11.6 Å². The summed E-state index contributed by atoms with van der Waals surface area (Å²) >= 11 is 6.13. The predicted octanol–water partition coefficient (Wildman–Crippen LogP) is 4.42. The van der Waals surface area contributed by atoms with Crippen molar-refractivity contribution in [2.45, 2.75) is 26.2 Å². The molecule has 0 bridgehead atoms. The smallest absolute Gasteiger partial charge is 0.255 e. The van der Waals surface area contributed by atoms with Gasteiger partial charge >= 0.3 is 0 Å². The number of nitrogens with one attached hydrogen (secondary N) is 2. The van der Waals surface area contributed by atoms with E-state index in [9.17, 15) is 9.59 Å². The lowest BCUT2D eigenvalue weighted by Gasteiger charge is -2.27. The van der Waals surface area contributed by atoms with Crippen LogP contribution < -0.4 is 15.4 Å². The fraction of sp³-hybridized carbons (Fsp3) is 0.364. The molecule has 0 aromatic heterocycles. The third kappa shape index (κ3) is 5.64. The number of nitrogens with zero attached hydrogens (tertiary/aromatic N) is 1. The van der Waals surface area contributed by atoms with Crippen LogP contribution in [0, 0.1) is 0 Å². The number of benzene rings is 2. The van der Waals surface area contributed by atoms with Gasteiger partial charge in [0, 0.05) is 23.8 Å². The number of rotatable bonds is 7. The number of hydrogen-bond acceptors (Lipinski definition) is 4. The monoisotopic (exact) mass is 415 g/mol. The van der Waals surface area contributed by atoms with Crippen molar-refractivity contribution >= 4 is 34.8 Å². The lowest BCUT2D eigenvalue weighted by atomic mass is 10.1. The van der Waals surface area contributed by atoms with E-state index < -0.39 is 0 Å². The molecule has 7 heteroatoms. The normalized spacial score (nSPS) is 13.7. The Hall–Kier alpha value is -2.73. The van der Waals surface area contributed by atoms with E-state index in [2.05, 4.69) is 10.6 Å². The average Bonchev–Trinajstić information content (AvgIpc) is 2.74. The second-order valence-electron chi connectivity index (χ2n) is 6.87. The molecule has 1 heterocycles. The summed E-state index contributed by atoms with van der Waals surface area (Å²) < 4.78 is 5.53. The molecule has 3 rings (SSSR count). The van der Waals surface area contributed by atoms with Crippen LogP contribution in [0.4, 0.5) is 11.4 Å². The Kier molecular flexibility index (Phi) is 7.36. The first-order chi connectivity index (χ1) is 14.1. The molecule has 2 N–H and O–H groups in total. The number of halogens is 1. The Morgan fingerprint density at radius 2 is 1.83 bits per heavy atom. The number of para-hydroxylation sites is 2. The summed E-state index contributed by atoms with van der Waals surface area (Å²) in [5, 5.41) is 6.40. The van der Waals surface area contributed by atoms with Crippen LogP contribution in [-0.2, 0) is 4.79 Å². The van der Waals surface area contributed by atoms with Crippen LogP contribution in [0.2, 0.25) is 5.02 Å². The van der Waals surface area contributed by atoms with Gasteiger partial charge in [-0.15, -0.1) is 0 Å². The summed E-state index contributed by atoms with van der Waals surface area (Å²) in [5.74, 6) is 0.339. The fourth-order valence-corrected chi connectivity index (χ4v) is 3.51. The summed E-state index contributed by atoms with van der Waals surface area (Å²) in [6.45, 7) is 3.92. The van der Waals surface area contributed by atoms with Crippen molar-refractivity contribution in [3.05, 3.63) is 53.1 Å². The number of ether oxygens (including phenoxy) is 1. The second-order valence-corrected chi connectivity index (χ2v) is 7.31. The van der Waals surface area contributed by atoms with Gasteiger partial charge in [-0.05, 0) is 56.5 Å². The first-order valence-corrected chi connectivity index (χ1v) is 10.3. The molecule has 1 saturated heterocycles. The molecule has 0 radical (unpaired) electrons. The zero-order chi connectivity index (χ0) is 20.6. The van der Waals surface area contributed by atoms with E-state index in [0.717, 1.165) is 32.4 Å². The molecular weight excluding hydrogens is 390 g/mol. The third-order valence-corrected chi connectivity index (χ3v) is 4.99. The van der Waals surface area contributed by atoms with Crippen molar-refractivity contribution in [1.82, 2.24) is 4.90 Å². The Morgan fingerprint density at radius 3 is 2.59 bits per heavy atom. The summed E-state index contributed by atoms with van der Waals surface area (Å²) in [7, 11) is 0. The minimum absolute atomic E-state index is 0.00107. The van der Waals surface area contributed by atoms with Gasteiger partial charge in [0.05, 0.1) is 24.4 Å². The van der Waals surface area contributed by atoms with Gasteiger partial charge in [0.25, 0.3) is 5.91 Å². The van der Waals surface area contributed by atoms with Crippen LogP contribution in [-0.4, -0.2) is 43.0 Å². The Balaban J connectivity index is 1.68. The maximum Gasteiger partial charge on any atom is 0.255 e. The highest BCUT2D eigenvalue weighted by Crippen LogP contribution is 2.25. The number of anilines is 2. The van der Waals surface area contributed by atoms with Crippen molar-refractivity contribution < 1.29 is 14.3 Å². The van der Waals surface area contributed by atoms with E-state index in [4.69, 9.17) is 16.3 Å². The Labute approximate surface area is 176 Å². The van der Waals surface area contributed by atoms with E-state index in [1.165, 1.54) is 0 Å². The summed E-state index contributed by atoms with van der Waals surface area (Å²) in [4.78, 5) is 27.2. The number of amides is 2. The van der Waals surface area contributed by atoms with Gasteiger partial charge in [0.2, 0.25) is 5.91 Å². The number of hydrogen-bond donors (Lipinski definition) is 2. The number of piperidine rings is 1. The van der Waals surface area contributed by atoms with Crippen molar-refractivity contribution in [1.29, 1.82) is 0 Å². The van der Waals surface area contributed by atoms with E-state index >= 15 is 0 Å². The van der Waals surface area contributed by atoms with Crippen molar-refractivity contribution in [3.8, 4) is 5.75 Å². The first-order valence-electron chi connectivity index (χ1n) is 9.93. The molecule has 0 atom stereocenters. The fourth-order valence-electron chi connectivity index (χ4n) is 3.34. The molecule has 2 aromatic rings.